The van der Waals surface area contributed by atoms with Gasteiger partial charge in [0.25, 0.3) is 0 Å². The number of halogens is 1. The SMILES string of the molecule is Ic1cccc(-c2nc(-c3ccccc3)nc(-c3cccc4ccccc34)n2)c1. The van der Waals surface area contributed by atoms with Gasteiger partial charge in [-0.15, -0.1) is 0 Å². The van der Waals surface area contributed by atoms with Gasteiger partial charge in [-0.2, -0.15) is 0 Å². The Morgan fingerprint density at radius 1 is 0.517 bits per heavy atom. The first-order chi connectivity index (χ1) is 14.3. The molecule has 5 aromatic rings. The molecule has 0 saturated carbocycles. The van der Waals surface area contributed by atoms with E-state index in [4.69, 9.17) is 15.0 Å². The van der Waals surface area contributed by atoms with Crippen molar-refractivity contribution in [3.8, 4) is 34.2 Å². The highest BCUT2D eigenvalue weighted by Crippen LogP contribution is 2.29. The van der Waals surface area contributed by atoms with Crippen LogP contribution in [0.15, 0.2) is 97.1 Å². The molecule has 0 N–H and O–H groups in total. The van der Waals surface area contributed by atoms with Crippen molar-refractivity contribution in [1.29, 1.82) is 0 Å². The Morgan fingerprint density at radius 2 is 1.14 bits per heavy atom. The van der Waals surface area contributed by atoms with Gasteiger partial charge >= 0.3 is 0 Å². The Balaban J connectivity index is 1.78. The second-order valence-electron chi connectivity index (χ2n) is 6.71. The lowest BCUT2D eigenvalue weighted by atomic mass is 10.0. The number of hydrogen-bond donors (Lipinski definition) is 0. The number of nitrogens with zero attached hydrogens (tertiary/aromatic N) is 3. The van der Waals surface area contributed by atoms with Gasteiger partial charge in [0.15, 0.2) is 17.5 Å². The lowest BCUT2D eigenvalue weighted by Gasteiger charge is -2.10. The minimum Gasteiger partial charge on any atom is -0.208 e. The summed E-state index contributed by atoms with van der Waals surface area (Å²) in [5.41, 5.74) is 2.97. The van der Waals surface area contributed by atoms with Crippen molar-refractivity contribution in [2.45, 2.75) is 0 Å². The van der Waals surface area contributed by atoms with E-state index in [0.717, 1.165) is 25.6 Å². The molecule has 1 aromatic heterocycles. The summed E-state index contributed by atoms with van der Waals surface area (Å²) < 4.78 is 1.15. The summed E-state index contributed by atoms with van der Waals surface area (Å²) in [6.07, 6.45) is 0. The largest absolute Gasteiger partial charge is 0.208 e. The van der Waals surface area contributed by atoms with Crippen LogP contribution >= 0.6 is 22.6 Å². The van der Waals surface area contributed by atoms with Crippen molar-refractivity contribution in [1.82, 2.24) is 15.0 Å². The van der Waals surface area contributed by atoms with Crippen molar-refractivity contribution in [3.05, 3.63) is 101 Å². The highest BCUT2D eigenvalue weighted by atomic mass is 127. The van der Waals surface area contributed by atoms with E-state index in [1.165, 1.54) is 5.39 Å². The second-order valence-corrected chi connectivity index (χ2v) is 7.95. The molecule has 0 unspecified atom stereocenters. The number of benzene rings is 4. The summed E-state index contributed by atoms with van der Waals surface area (Å²) >= 11 is 2.31. The van der Waals surface area contributed by atoms with Gasteiger partial charge in [-0.25, -0.2) is 15.0 Å². The van der Waals surface area contributed by atoms with E-state index in [1.54, 1.807) is 0 Å². The van der Waals surface area contributed by atoms with Gasteiger partial charge in [0.05, 0.1) is 0 Å². The standard InChI is InChI=1S/C25H16IN3/c26-20-13-6-12-19(16-20)24-27-23(18-9-2-1-3-10-18)28-25(29-24)22-15-7-11-17-8-4-5-14-21(17)22/h1-16H. The van der Waals surface area contributed by atoms with Crippen molar-refractivity contribution in [3.63, 3.8) is 0 Å². The van der Waals surface area contributed by atoms with Crippen LogP contribution in [0.5, 0.6) is 0 Å². The summed E-state index contributed by atoms with van der Waals surface area (Å²) in [7, 11) is 0. The van der Waals surface area contributed by atoms with E-state index >= 15 is 0 Å². The van der Waals surface area contributed by atoms with Crippen LogP contribution in [0.2, 0.25) is 0 Å². The van der Waals surface area contributed by atoms with Gasteiger partial charge in [0, 0.05) is 20.3 Å². The van der Waals surface area contributed by atoms with Crippen molar-refractivity contribution in [2.75, 3.05) is 0 Å². The van der Waals surface area contributed by atoms with Crippen LogP contribution in [0, 0.1) is 3.57 Å². The van der Waals surface area contributed by atoms with E-state index in [1.807, 2.05) is 54.6 Å². The van der Waals surface area contributed by atoms with Crippen LogP contribution < -0.4 is 0 Å². The molecule has 138 valence electrons. The van der Waals surface area contributed by atoms with E-state index in [-0.39, 0.29) is 0 Å². The molecule has 0 aliphatic heterocycles. The summed E-state index contributed by atoms with van der Waals surface area (Å²) in [5, 5.41) is 2.30. The van der Waals surface area contributed by atoms with Gasteiger partial charge in [-0.3, -0.25) is 0 Å². The molecule has 0 spiro atoms. The van der Waals surface area contributed by atoms with Crippen LogP contribution in [0.3, 0.4) is 0 Å². The summed E-state index contributed by atoms with van der Waals surface area (Å²) in [6, 6.07) is 32.8. The normalized spacial score (nSPS) is 10.9. The first-order valence-corrected chi connectivity index (χ1v) is 10.4. The molecule has 4 aromatic carbocycles. The minimum atomic E-state index is 0.678. The minimum absolute atomic E-state index is 0.678. The lowest BCUT2D eigenvalue weighted by Crippen LogP contribution is -2.00. The maximum atomic E-state index is 4.87. The van der Waals surface area contributed by atoms with Gasteiger partial charge in [0.2, 0.25) is 0 Å². The molecule has 0 atom stereocenters. The maximum Gasteiger partial charge on any atom is 0.164 e. The molecular weight excluding hydrogens is 469 g/mol. The smallest absolute Gasteiger partial charge is 0.164 e. The van der Waals surface area contributed by atoms with Gasteiger partial charge in [-0.1, -0.05) is 84.9 Å². The Kier molecular flexibility index (Phi) is 4.77. The van der Waals surface area contributed by atoms with Crippen molar-refractivity contribution < 1.29 is 0 Å². The van der Waals surface area contributed by atoms with Crippen LogP contribution in [-0.4, -0.2) is 15.0 Å². The van der Waals surface area contributed by atoms with Crippen molar-refractivity contribution in [2.24, 2.45) is 0 Å². The molecule has 1 heterocycles. The molecule has 0 aliphatic rings. The third-order valence-corrected chi connectivity index (χ3v) is 5.45. The quantitative estimate of drug-likeness (QED) is 0.269. The fourth-order valence-corrected chi connectivity index (χ4v) is 3.93. The van der Waals surface area contributed by atoms with E-state index in [9.17, 15) is 0 Å². The molecule has 4 heteroatoms. The van der Waals surface area contributed by atoms with E-state index in [0.29, 0.717) is 17.5 Å². The van der Waals surface area contributed by atoms with Crippen LogP contribution in [0.25, 0.3) is 44.9 Å². The lowest BCUT2D eigenvalue weighted by molar-refractivity contribution is 1.08. The summed E-state index contributed by atoms with van der Waals surface area (Å²) in [4.78, 5) is 14.5. The number of fused-ring (bicyclic) bond motifs is 1. The zero-order valence-electron chi connectivity index (χ0n) is 15.5. The number of rotatable bonds is 3. The maximum absolute atomic E-state index is 4.87. The van der Waals surface area contributed by atoms with Gasteiger partial charge in [0.1, 0.15) is 0 Å². The van der Waals surface area contributed by atoms with Gasteiger partial charge in [-0.05, 0) is 45.5 Å². The summed E-state index contributed by atoms with van der Waals surface area (Å²) in [6.45, 7) is 0. The number of aromatic nitrogens is 3. The Bertz CT molecular complexity index is 1310. The molecule has 0 radical (unpaired) electrons. The van der Waals surface area contributed by atoms with Crippen LogP contribution in [-0.2, 0) is 0 Å². The van der Waals surface area contributed by atoms with E-state index < -0.39 is 0 Å². The van der Waals surface area contributed by atoms with Crippen LogP contribution in [0.1, 0.15) is 0 Å². The third-order valence-electron chi connectivity index (χ3n) is 4.78. The Hall–Kier alpha value is -3.12. The molecule has 0 aliphatic carbocycles. The highest BCUT2D eigenvalue weighted by molar-refractivity contribution is 14.1. The topological polar surface area (TPSA) is 38.7 Å². The fourth-order valence-electron chi connectivity index (χ4n) is 3.39. The molecule has 3 nitrogen and oxygen atoms in total. The first-order valence-electron chi connectivity index (χ1n) is 9.33. The zero-order chi connectivity index (χ0) is 19.6. The zero-order valence-corrected chi connectivity index (χ0v) is 17.6. The predicted octanol–water partition coefficient (Wildman–Crippen LogP) is 6.63. The Labute approximate surface area is 182 Å². The third kappa shape index (κ3) is 3.63. The second kappa shape index (κ2) is 7.72. The average molecular weight is 485 g/mol. The molecule has 0 bridgehead atoms. The first kappa shape index (κ1) is 17.9. The number of hydrogen-bond acceptors (Lipinski definition) is 3. The molecule has 29 heavy (non-hydrogen) atoms. The Morgan fingerprint density at radius 3 is 1.97 bits per heavy atom. The highest BCUT2D eigenvalue weighted by Gasteiger charge is 2.14. The molecule has 0 saturated heterocycles. The molecule has 0 fully saturated rings. The predicted molar refractivity (Wildman–Crippen MR) is 126 cm³/mol. The molecule has 5 rings (SSSR count). The van der Waals surface area contributed by atoms with Gasteiger partial charge < -0.3 is 0 Å². The molecular formula is C25H16IN3. The monoisotopic (exact) mass is 485 g/mol. The average Bonchev–Trinajstić information content (AvgIpc) is 2.79. The van der Waals surface area contributed by atoms with Crippen LogP contribution in [0.4, 0.5) is 0 Å². The fraction of sp³-hybridized carbons (Fsp3) is 0. The summed E-state index contributed by atoms with van der Waals surface area (Å²) in [5.74, 6) is 2.04. The van der Waals surface area contributed by atoms with E-state index in [2.05, 4.69) is 65.1 Å². The molecule has 0 amide bonds. The van der Waals surface area contributed by atoms with Crippen molar-refractivity contribution >= 4 is 33.4 Å².